The third kappa shape index (κ3) is 2.59. The van der Waals surface area contributed by atoms with Gasteiger partial charge in [-0.3, -0.25) is 4.98 Å². The molecule has 16 heavy (non-hydrogen) atoms. The van der Waals surface area contributed by atoms with E-state index in [1.54, 1.807) is 11.3 Å². The monoisotopic (exact) mass is 233 g/mol. The number of hydrogen-bond donors (Lipinski definition) is 1. The molecule has 2 aromatic rings. The van der Waals surface area contributed by atoms with Crippen LogP contribution in [-0.2, 0) is 13.1 Å². The summed E-state index contributed by atoms with van der Waals surface area (Å²) in [5, 5.41) is 4.26. The van der Waals surface area contributed by atoms with Gasteiger partial charge in [0.05, 0.1) is 17.6 Å². The van der Waals surface area contributed by atoms with Gasteiger partial charge in [-0.05, 0) is 34.5 Å². The molecule has 0 unspecified atom stereocenters. The fourth-order valence-electron chi connectivity index (χ4n) is 1.51. The van der Waals surface area contributed by atoms with Crippen molar-refractivity contribution in [3.05, 3.63) is 46.4 Å². The maximum absolute atomic E-state index is 5.51. The molecule has 2 N–H and O–H groups in total. The number of hydrogen-bond acceptors (Lipinski definition) is 4. The van der Waals surface area contributed by atoms with Crippen molar-refractivity contribution in [2.75, 3.05) is 11.9 Å². The summed E-state index contributed by atoms with van der Waals surface area (Å²) in [6.45, 7) is 1.40. The number of pyridine rings is 1. The zero-order valence-corrected chi connectivity index (χ0v) is 10.1. The predicted octanol–water partition coefficient (Wildman–Crippen LogP) is 2.24. The number of aromatic nitrogens is 1. The number of rotatable bonds is 4. The normalized spacial score (nSPS) is 10.4. The Morgan fingerprint density at radius 2 is 2.25 bits per heavy atom. The average molecular weight is 233 g/mol. The van der Waals surface area contributed by atoms with Crippen molar-refractivity contribution in [1.82, 2.24) is 4.98 Å². The van der Waals surface area contributed by atoms with Crippen LogP contribution in [0.4, 0.5) is 5.69 Å². The predicted molar refractivity (Wildman–Crippen MR) is 68.6 cm³/mol. The van der Waals surface area contributed by atoms with Crippen LogP contribution >= 0.6 is 11.3 Å². The van der Waals surface area contributed by atoms with Crippen LogP contribution < -0.4 is 10.6 Å². The van der Waals surface area contributed by atoms with Crippen molar-refractivity contribution in [2.24, 2.45) is 5.73 Å². The molecule has 84 valence electrons. The summed E-state index contributed by atoms with van der Waals surface area (Å²) < 4.78 is 0. The summed E-state index contributed by atoms with van der Waals surface area (Å²) in [6, 6.07) is 6.17. The Morgan fingerprint density at radius 3 is 2.81 bits per heavy atom. The van der Waals surface area contributed by atoms with Crippen molar-refractivity contribution in [3.8, 4) is 0 Å². The SMILES string of the molecule is CN(Cc1ccsc1)c1ccc(CN)nc1. The van der Waals surface area contributed by atoms with Crippen molar-refractivity contribution in [1.29, 1.82) is 0 Å². The Labute approximate surface area is 99.5 Å². The molecule has 0 aliphatic heterocycles. The summed E-state index contributed by atoms with van der Waals surface area (Å²) in [4.78, 5) is 6.46. The van der Waals surface area contributed by atoms with E-state index in [0.29, 0.717) is 6.54 Å². The number of nitrogens with two attached hydrogens (primary N) is 1. The van der Waals surface area contributed by atoms with Crippen molar-refractivity contribution < 1.29 is 0 Å². The average Bonchev–Trinajstić information content (AvgIpc) is 2.82. The van der Waals surface area contributed by atoms with Gasteiger partial charge in [-0.2, -0.15) is 11.3 Å². The third-order valence-electron chi connectivity index (χ3n) is 2.46. The molecule has 0 aliphatic rings. The smallest absolute Gasteiger partial charge is 0.0553 e. The number of thiophene rings is 1. The van der Waals surface area contributed by atoms with Crippen LogP contribution in [0.25, 0.3) is 0 Å². The van der Waals surface area contributed by atoms with Crippen LogP contribution in [-0.4, -0.2) is 12.0 Å². The lowest BCUT2D eigenvalue weighted by Gasteiger charge is -2.18. The van der Waals surface area contributed by atoms with Crippen LogP contribution in [0.1, 0.15) is 11.3 Å². The van der Waals surface area contributed by atoms with E-state index < -0.39 is 0 Å². The van der Waals surface area contributed by atoms with Crippen molar-refractivity contribution in [3.63, 3.8) is 0 Å². The van der Waals surface area contributed by atoms with Gasteiger partial charge >= 0.3 is 0 Å². The van der Waals surface area contributed by atoms with E-state index in [-0.39, 0.29) is 0 Å². The van der Waals surface area contributed by atoms with Crippen LogP contribution in [0.2, 0.25) is 0 Å². The highest BCUT2D eigenvalue weighted by molar-refractivity contribution is 7.07. The summed E-state index contributed by atoms with van der Waals surface area (Å²) in [5.74, 6) is 0. The molecular weight excluding hydrogens is 218 g/mol. The maximum Gasteiger partial charge on any atom is 0.0553 e. The van der Waals surface area contributed by atoms with Gasteiger partial charge in [-0.25, -0.2) is 0 Å². The lowest BCUT2D eigenvalue weighted by atomic mass is 10.3. The van der Waals surface area contributed by atoms with E-state index in [9.17, 15) is 0 Å². The Bertz CT molecular complexity index is 422. The van der Waals surface area contributed by atoms with Crippen LogP contribution in [0.3, 0.4) is 0 Å². The topological polar surface area (TPSA) is 42.1 Å². The molecule has 2 heterocycles. The fraction of sp³-hybridized carbons (Fsp3) is 0.250. The Kier molecular flexibility index (Phi) is 3.54. The van der Waals surface area contributed by atoms with Crippen molar-refractivity contribution >= 4 is 17.0 Å². The summed E-state index contributed by atoms with van der Waals surface area (Å²) in [6.07, 6.45) is 1.87. The van der Waals surface area contributed by atoms with E-state index >= 15 is 0 Å². The summed E-state index contributed by atoms with van der Waals surface area (Å²) in [5.41, 5.74) is 8.88. The lowest BCUT2D eigenvalue weighted by Crippen LogP contribution is -2.16. The zero-order valence-electron chi connectivity index (χ0n) is 9.26. The minimum atomic E-state index is 0.495. The summed E-state index contributed by atoms with van der Waals surface area (Å²) in [7, 11) is 2.07. The standard InChI is InChI=1S/C12H15N3S/c1-15(8-10-4-5-16-9-10)12-3-2-11(6-13)14-7-12/h2-5,7,9H,6,8,13H2,1H3. The third-order valence-corrected chi connectivity index (χ3v) is 3.19. The molecule has 0 radical (unpaired) electrons. The Balaban J connectivity index is 2.05. The lowest BCUT2D eigenvalue weighted by molar-refractivity contribution is 0.911. The first-order valence-corrected chi connectivity index (χ1v) is 6.11. The molecule has 0 aromatic carbocycles. The molecule has 2 aromatic heterocycles. The Morgan fingerprint density at radius 1 is 1.38 bits per heavy atom. The molecule has 2 rings (SSSR count). The highest BCUT2D eigenvalue weighted by Crippen LogP contribution is 2.15. The molecule has 0 saturated carbocycles. The maximum atomic E-state index is 5.51. The molecule has 3 nitrogen and oxygen atoms in total. The molecule has 0 spiro atoms. The molecule has 0 saturated heterocycles. The van der Waals surface area contributed by atoms with E-state index in [1.807, 2.05) is 12.3 Å². The number of anilines is 1. The first-order valence-electron chi connectivity index (χ1n) is 5.17. The van der Waals surface area contributed by atoms with Crippen LogP contribution in [0.5, 0.6) is 0 Å². The molecule has 0 atom stereocenters. The molecule has 0 amide bonds. The second kappa shape index (κ2) is 5.09. The molecule has 0 aliphatic carbocycles. The fourth-order valence-corrected chi connectivity index (χ4v) is 2.17. The van der Waals surface area contributed by atoms with Gasteiger partial charge in [-0.15, -0.1) is 0 Å². The zero-order chi connectivity index (χ0) is 11.4. The Hall–Kier alpha value is -1.39. The first kappa shape index (κ1) is 11.1. The highest BCUT2D eigenvalue weighted by atomic mass is 32.1. The van der Waals surface area contributed by atoms with E-state index in [4.69, 9.17) is 5.73 Å². The van der Waals surface area contributed by atoms with Gasteiger partial charge in [0.1, 0.15) is 0 Å². The quantitative estimate of drug-likeness (QED) is 0.880. The molecule has 0 bridgehead atoms. The van der Waals surface area contributed by atoms with Crippen LogP contribution in [0, 0.1) is 0 Å². The second-order valence-electron chi connectivity index (χ2n) is 3.70. The van der Waals surface area contributed by atoms with Gasteiger partial charge in [-0.1, -0.05) is 0 Å². The van der Waals surface area contributed by atoms with Crippen molar-refractivity contribution in [2.45, 2.75) is 13.1 Å². The largest absolute Gasteiger partial charge is 0.369 e. The number of nitrogens with zero attached hydrogens (tertiary/aromatic N) is 2. The van der Waals surface area contributed by atoms with Crippen LogP contribution in [0.15, 0.2) is 35.2 Å². The van der Waals surface area contributed by atoms with E-state index in [0.717, 1.165) is 17.9 Å². The van der Waals surface area contributed by atoms with Gasteiger partial charge in [0, 0.05) is 20.1 Å². The van der Waals surface area contributed by atoms with Gasteiger partial charge in [0.15, 0.2) is 0 Å². The second-order valence-corrected chi connectivity index (χ2v) is 4.48. The summed E-state index contributed by atoms with van der Waals surface area (Å²) >= 11 is 1.72. The van der Waals surface area contributed by atoms with Gasteiger partial charge < -0.3 is 10.6 Å². The first-order chi connectivity index (χ1) is 7.79. The van der Waals surface area contributed by atoms with Gasteiger partial charge in [0.2, 0.25) is 0 Å². The molecule has 4 heteroatoms. The minimum absolute atomic E-state index is 0.495. The minimum Gasteiger partial charge on any atom is -0.369 e. The highest BCUT2D eigenvalue weighted by Gasteiger charge is 2.02. The molecular formula is C12H15N3S. The molecule has 0 fully saturated rings. The van der Waals surface area contributed by atoms with E-state index in [1.165, 1.54) is 5.56 Å². The van der Waals surface area contributed by atoms with E-state index in [2.05, 4.69) is 39.8 Å². The van der Waals surface area contributed by atoms with Gasteiger partial charge in [0.25, 0.3) is 0 Å².